The van der Waals surface area contributed by atoms with E-state index in [0.29, 0.717) is 5.92 Å². The molecule has 0 saturated carbocycles. The van der Waals surface area contributed by atoms with Gasteiger partial charge in [-0.2, -0.15) is 0 Å². The maximum Gasteiger partial charge on any atom is 0.143 e. The molecule has 1 unspecified atom stereocenters. The summed E-state index contributed by atoms with van der Waals surface area (Å²) in [5.41, 5.74) is 0. The van der Waals surface area contributed by atoms with Gasteiger partial charge >= 0.3 is 0 Å². The number of alkyl halides is 1. The minimum absolute atomic E-state index is 0.260. The Hall–Kier alpha value is -0.110. The summed E-state index contributed by atoms with van der Waals surface area (Å²) in [6.07, 6.45) is 1.17. The third-order valence-corrected chi connectivity index (χ3v) is 1.68. The summed E-state index contributed by atoms with van der Waals surface area (Å²) in [4.78, 5) is 1.84. The van der Waals surface area contributed by atoms with Gasteiger partial charge in [-0.05, 0) is 12.3 Å². The Labute approximate surface area is 49.5 Å². The van der Waals surface area contributed by atoms with Crippen LogP contribution in [0.1, 0.15) is 13.3 Å². The maximum atomic E-state index is 11.8. The van der Waals surface area contributed by atoms with Crippen molar-refractivity contribution in [3.8, 4) is 0 Å². The van der Waals surface area contributed by atoms with Crippen LogP contribution in [0.5, 0.6) is 0 Å². The standard InChI is InChI=1S/C6H12FN/c1-6-2-3-8(4-6)5-7/h6H,2-5H2,1H3. The lowest BCUT2D eigenvalue weighted by Gasteiger charge is -2.07. The quantitative estimate of drug-likeness (QED) is 0.467. The van der Waals surface area contributed by atoms with E-state index >= 15 is 0 Å². The molecule has 1 atom stereocenters. The van der Waals surface area contributed by atoms with E-state index in [0.717, 1.165) is 13.1 Å². The first-order chi connectivity index (χ1) is 3.83. The topological polar surface area (TPSA) is 3.24 Å². The van der Waals surface area contributed by atoms with Crippen LogP contribution in [0.25, 0.3) is 0 Å². The SMILES string of the molecule is CC1CCN(CF)C1. The summed E-state index contributed by atoms with van der Waals surface area (Å²) in [5.74, 6) is 0.714. The van der Waals surface area contributed by atoms with Gasteiger partial charge in [-0.25, -0.2) is 4.39 Å². The second-order valence-corrected chi connectivity index (χ2v) is 2.59. The summed E-state index contributed by atoms with van der Waals surface area (Å²) in [5, 5.41) is 0. The lowest BCUT2D eigenvalue weighted by molar-refractivity contribution is 0.219. The molecule has 0 aliphatic carbocycles. The van der Waals surface area contributed by atoms with E-state index in [-0.39, 0.29) is 6.80 Å². The summed E-state index contributed by atoms with van der Waals surface area (Å²) in [6, 6.07) is 0. The summed E-state index contributed by atoms with van der Waals surface area (Å²) in [6.45, 7) is 3.81. The van der Waals surface area contributed by atoms with Crippen molar-refractivity contribution in [2.45, 2.75) is 13.3 Å². The zero-order valence-electron chi connectivity index (χ0n) is 5.23. The van der Waals surface area contributed by atoms with Crippen LogP contribution in [0.4, 0.5) is 4.39 Å². The predicted molar refractivity (Wildman–Crippen MR) is 31.3 cm³/mol. The average Bonchev–Trinajstić information content (AvgIpc) is 2.14. The highest BCUT2D eigenvalue weighted by molar-refractivity contribution is 4.68. The average molecular weight is 117 g/mol. The van der Waals surface area contributed by atoms with Crippen LogP contribution in [-0.2, 0) is 0 Å². The molecule has 0 aromatic carbocycles. The molecule has 0 radical (unpaired) electrons. The molecule has 1 heterocycles. The second kappa shape index (κ2) is 2.44. The number of halogens is 1. The minimum atomic E-state index is -0.260. The number of hydrogen-bond donors (Lipinski definition) is 0. The number of nitrogens with zero attached hydrogens (tertiary/aromatic N) is 1. The molecular formula is C6H12FN. The van der Waals surface area contributed by atoms with Crippen LogP contribution in [-0.4, -0.2) is 24.8 Å². The van der Waals surface area contributed by atoms with Gasteiger partial charge in [-0.1, -0.05) is 6.92 Å². The molecular weight excluding hydrogens is 105 g/mol. The maximum absolute atomic E-state index is 11.8. The van der Waals surface area contributed by atoms with E-state index in [9.17, 15) is 4.39 Å². The van der Waals surface area contributed by atoms with Crippen LogP contribution in [0.15, 0.2) is 0 Å². The van der Waals surface area contributed by atoms with Gasteiger partial charge in [-0.15, -0.1) is 0 Å². The van der Waals surface area contributed by atoms with Gasteiger partial charge in [0.05, 0.1) is 0 Å². The highest BCUT2D eigenvalue weighted by atomic mass is 19.1. The smallest absolute Gasteiger partial charge is 0.143 e. The van der Waals surface area contributed by atoms with Crippen molar-refractivity contribution in [2.75, 3.05) is 19.9 Å². The van der Waals surface area contributed by atoms with Gasteiger partial charge in [0.2, 0.25) is 0 Å². The molecule has 0 aromatic heterocycles. The summed E-state index contributed by atoms with van der Waals surface area (Å²) < 4.78 is 11.8. The molecule has 1 nitrogen and oxygen atoms in total. The lowest BCUT2D eigenvalue weighted by Crippen LogP contribution is -2.18. The fourth-order valence-corrected chi connectivity index (χ4v) is 1.13. The van der Waals surface area contributed by atoms with Gasteiger partial charge in [0.15, 0.2) is 0 Å². The first kappa shape index (κ1) is 6.02. The molecule has 1 rings (SSSR count). The van der Waals surface area contributed by atoms with Gasteiger partial charge in [0.1, 0.15) is 6.80 Å². The van der Waals surface area contributed by atoms with Crippen molar-refractivity contribution >= 4 is 0 Å². The highest BCUT2D eigenvalue weighted by Crippen LogP contribution is 2.13. The van der Waals surface area contributed by atoms with Crippen LogP contribution < -0.4 is 0 Å². The molecule has 8 heavy (non-hydrogen) atoms. The van der Waals surface area contributed by atoms with E-state index in [1.165, 1.54) is 6.42 Å². The van der Waals surface area contributed by atoms with Crippen LogP contribution in [0.2, 0.25) is 0 Å². The van der Waals surface area contributed by atoms with E-state index in [1.54, 1.807) is 0 Å². The Kier molecular flexibility index (Phi) is 1.84. The summed E-state index contributed by atoms with van der Waals surface area (Å²) >= 11 is 0. The predicted octanol–water partition coefficient (Wildman–Crippen LogP) is 1.26. The normalized spacial score (nSPS) is 31.5. The molecule has 0 N–H and O–H groups in total. The zero-order valence-corrected chi connectivity index (χ0v) is 5.23. The Bertz CT molecular complexity index is 74.9. The molecule has 1 saturated heterocycles. The van der Waals surface area contributed by atoms with Crippen molar-refractivity contribution in [3.05, 3.63) is 0 Å². The Morgan fingerprint density at radius 3 is 2.75 bits per heavy atom. The molecule has 0 bridgehead atoms. The molecule has 1 aliphatic rings. The molecule has 48 valence electrons. The van der Waals surface area contributed by atoms with Gasteiger partial charge < -0.3 is 0 Å². The number of likely N-dealkylation sites (tertiary alicyclic amines) is 1. The van der Waals surface area contributed by atoms with Crippen molar-refractivity contribution < 1.29 is 4.39 Å². The third kappa shape index (κ3) is 1.19. The highest BCUT2D eigenvalue weighted by Gasteiger charge is 2.16. The number of hydrogen-bond acceptors (Lipinski definition) is 1. The van der Waals surface area contributed by atoms with Crippen molar-refractivity contribution in [3.63, 3.8) is 0 Å². The minimum Gasteiger partial charge on any atom is -0.276 e. The zero-order chi connectivity index (χ0) is 5.98. The van der Waals surface area contributed by atoms with Crippen molar-refractivity contribution in [2.24, 2.45) is 5.92 Å². The van der Waals surface area contributed by atoms with E-state index in [2.05, 4.69) is 6.92 Å². The van der Waals surface area contributed by atoms with Crippen LogP contribution in [0, 0.1) is 5.92 Å². The first-order valence-electron chi connectivity index (χ1n) is 3.11. The second-order valence-electron chi connectivity index (χ2n) is 2.59. The fraction of sp³-hybridized carbons (Fsp3) is 1.00. The Balaban J connectivity index is 2.22. The fourth-order valence-electron chi connectivity index (χ4n) is 1.13. The lowest BCUT2D eigenvalue weighted by atomic mass is 10.2. The Morgan fingerprint density at radius 2 is 2.50 bits per heavy atom. The van der Waals surface area contributed by atoms with Crippen molar-refractivity contribution in [1.82, 2.24) is 4.90 Å². The summed E-state index contributed by atoms with van der Waals surface area (Å²) in [7, 11) is 0. The van der Waals surface area contributed by atoms with Crippen molar-refractivity contribution in [1.29, 1.82) is 0 Å². The molecule has 2 heteroatoms. The number of rotatable bonds is 1. The van der Waals surface area contributed by atoms with E-state index in [1.807, 2.05) is 4.90 Å². The molecule has 0 aromatic rings. The molecule has 1 aliphatic heterocycles. The van der Waals surface area contributed by atoms with Gasteiger partial charge in [-0.3, -0.25) is 4.90 Å². The van der Waals surface area contributed by atoms with E-state index in [4.69, 9.17) is 0 Å². The largest absolute Gasteiger partial charge is 0.276 e. The van der Waals surface area contributed by atoms with Crippen LogP contribution >= 0.6 is 0 Å². The molecule has 0 amide bonds. The van der Waals surface area contributed by atoms with Gasteiger partial charge in [0, 0.05) is 13.1 Å². The Morgan fingerprint density at radius 1 is 1.75 bits per heavy atom. The van der Waals surface area contributed by atoms with Gasteiger partial charge in [0.25, 0.3) is 0 Å². The third-order valence-electron chi connectivity index (χ3n) is 1.68. The first-order valence-corrected chi connectivity index (χ1v) is 3.11. The van der Waals surface area contributed by atoms with Crippen LogP contribution in [0.3, 0.4) is 0 Å². The monoisotopic (exact) mass is 117 g/mol. The molecule has 1 fully saturated rings. The molecule has 0 spiro atoms. The van der Waals surface area contributed by atoms with E-state index < -0.39 is 0 Å².